The molecule has 3 rings (SSSR count). The van der Waals surface area contributed by atoms with Gasteiger partial charge in [0.1, 0.15) is 0 Å². The maximum Gasteiger partial charge on any atom is 0.194 e. The molecule has 1 N–H and O–H groups in total. The SMILES string of the molecule is CN=C(NCc1sc(C)nc1C)N1CCN(c2cccs2)CC1. The minimum atomic E-state index is 0.801. The molecule has 1 aliphatic rings. The fourth-order valence-corrected chi connectivity index (χ4v) is 4.48. The summed E-state index contributed by atoms with van der Waals surface area (Å²) in [5.41, 5.74) is 1.12. The van der Waals surface area contributed by atoms with Crippen molar-refractivity contribution in [1.29, 1.82) is 0 Å². The molecule has 3 heterocycles. The average Bonchev–Trinajstić information content (AvgIpc) is 3.19. The number of aliphatic imine (C=N–C) groups is 1. The summed E-state index contributed by atoms with van der Waals surface area (Å²) in [4.78, 5) is 15.0. The van der Waals surface area contributed by atoms with Crippen molar-refractivity contribution in [1.82, 2.24) is 15.2 Å². The molecular formula is C16H23N5S2. The number of aryl methyl sites for hydroxylation is 2. The number of rotatable bonds is 3. The Hall–Kier alpha value is -1.60. The highest BCUT2D eigenvalue weighted by Crippen LogP contribution is 2.22. The van der Waals surface area contributed by atoms with Gasteiger partial charge in [-0.15, -0.1) is 22.7 Å². The topological polar surface area (TPSA) is 43.8 Å². The quantitative estimate of drug-likeness (QED) is 0.683. The zero-order chi connectivity index (χ0) is 16.2. The summed E-state index contributed by atoms with van der Waals surface area (Å²) in [5.74, 6) is 0.987. The standard InChI is InChI=1S/C16H23N5S2/c1-12-14(23-13(2)19-12)11-18-16(17-3)21-8-6-20(7-9-21)15-5-4-10-22-15/h4-5,10H,6-9,11H2,1-3H3,(H,17,18). The van der Waals surface area contributed by atoms with Crippen molar-refractivity contribution < 1.29 is 0 Å². The lowest BCUT2D eigenvalue weighted by Gasteiger charge is -2.37. The van der Waals surface area contributed by atoms with Gasteiger partial charge in [-0.3, -0.25) is 4.99 Å². The van der Waals surface area contributed by atoms with Crippen molar-refractivity contribution in [3.63, 3.8) is 0 Å². The molecule has 124 valence electrons. The fraction of sp³-hybridized carbons (Fsp3) is 0.500. The minimum Gasteiger partial charge on any atom is -0.360 e. The van der Waals surface area contributed by atoms with Gasteiger partial charge in [-0.1, -0.05) is 0 Å². The van der Waals surface area contributed by atoms with E-state index in [1.807, 2.05) is 18.4 Å². The third-order valence-corrected chi connectivity index (χ3v) is 6.02. The third-order valence-electron chi connectivity index (χ3n) is 4.02. The van der Waals surface area contributed by atoms with Crippen molar-refractivity contribution in [2.24, 2.45) is 4.99 Å². The van der Waals surface area contributed by atoms with E-state index in [1.165, 1.54) is 9.88 Å². The van der Waals surface area contributed by atoms with Crippen LogP contribution in [0.2, 0.25) is 0 Å². The Labute approximate surface area is 145 Å². The van der Waals surface area contributed by atoms with Crippen molar-refractivity contribution >= 4 is 33.6 Å². The summed E-state index contributed by atoms with van der Waals surface area (Å²) in [6.07, 6.45) is 0. The van der Waals surface area contributed by atoms with E-state index in [0.29, 0.717) is 0 Å². The number of hydrogen-bond donors (Lipinski definition) is 1. The first kappa shape index (κ1) is 16.3. The number of thiazole rings is 1. The molecule has 0 unspecified atom stereocenters. The van der Waals surface area contributed by atoms with E-state index in [4.69, 9.17) is 0 Å². The Morgan fingerprint density at radius 2 is 2.09 bits per heavy atom. The fourth-order valence-electron chi connectivity index (χ4n) is 2.82. The number of anilines is 1. The molecule has 0 atom stereocenters. The summed E-state index contributed by atoms with van der Waals surface area (Å²) in [6, 6.07) is 4.31. The minimum absolute atomic E-state index is 0.801. The lowest BCUT2D eigenvalue weighted by Crippen LogP contribution is -2.52. The van der Waals surface area contributed by atoms with Gasteiger partial charge in [0, 0.05) is 38.1 Å². The number of aromatic nitrogens is 1. The molecule has 0 aromatic carbocycles. The van der Waals surface area contributed by atoms with Crippen LogP contribution in [0.4, 0.5) is 5.00 Å². The summed E-state index contributed by atoms with van der Waals surface area (Å²) < 4.78 is 0. The highest BCUT2D eigenvalue weighted by molar-refractivity contribution is 7.14. The van der Waals surface area contributed by atoms with Gasteiger partial charge >= 0.3 is 0 Å². The molecule has 0 bridgehead atoms. The first-order chi connectivity index (χ1) is 11.2. The van der Waals surface area contributed by atoms with Crippen LogP contribution in [0, 0.1) is 13.8 Å². The summed E-state index contributed by atoms with van der Waals surface area (Å²) in [6.45, 7) is 9.01. The van der Waals surface area contributed by atoms with Crippen LogP contribution >= 0.6 is 22.7 Å². The van der Waals surface area contributed by atoms with Crippen LogP contribution < -0.4 is 10.2 Å². The molecule has 0 aliphatic carbocycles. The van der Waals surface area contributed by atoms with Crippen molar-refractivity contribution in [3.8, 4) is 0 Å². The van der Waals surface area contributed by atoms with E-state index >= 15 is 0 Å². The van der Waals surface area contributed by atoms with Gasteiger partial charge in [-0.2, -0.15) is 0 Å². The Morgan fingerprint density at radius 3 is 2.65 bits per heavy atom. The molecular weight excluding hydrogens is 326 g/mol. The second-order valence-electron chi connectivity index (χ2n) is 5.57. The van der Waals surface area contributed by atoms with E-state index in [0.717, 1.165) is 49.4 Å². The lowest BCUT2D eigenvalue weighted by atomic mass is 10.3. The van der Waals surface area contributed by atoms with Crippen LogP contribution in [0.15, 0.2) is 22.5 Å². The largest absolute Gasteiger partial charge is 0.360 e. The molecule has 0 spiro atoms. The number of nitrogens with one attached hydrogen (secondary N) is 1. The van der Waals surface area contributed by atoms with Crippen molar-refractivity contribution in [2.45, 2.75) is 20.4 Å². The maximum atomic E-state index is 4.49. The molecule has 2 aromatic heterocycles. The maximum absolute atomic E-state index is 4.49. The Kier molecular flexibility index (Phi) is 5.17. The number of piperazine rings is 1. The monoisotopic (exact) mass is 349 g/mol. The van der Waals surface area contributed by atoms with Crippen LogP contribution in [0.5, 0.6) is 0 Å². The van der Waals surface area contributed by atoms with Crippen LogP contribution in [-0.2, 0) is 6.54 Å². The number of thiophene rings is 1. The summed E-state index contributed by atoms with van der Waals surface area (Å²) in [7, 11) is 1.86. The van der Waals surface area contributed by atoms with Gasteiger partial charge in [-0.25, -0.2) is 4.98 Å². The number of nitrogens with zero attached hydrogens (tertiary/aromatic N) is 4. The predicted molar refractivity (Wildman–Crippen MR) is 99.9 cm³/mol. The zero-order valence-corrected chi connectivity index (χ0v) is 15.5. The smallest absolute Gasteiger partial charge is 0.194 e. The lowest BCUT2D eigenvalue weighted by molar-refractivity contribution is 0.373. The highest BCUT2D eigenvalue weighted by Gasteiger charge is 2.20. The third kappa shape index (κ3) is 3.84. The van der Waals surface area contributed by atoms with Crippen molar-refractivity contribution in [3.05, 3.63) is 33.1 Å². The first-order valence-corrected chi connectivity index (χ1v) is 9.54. The highest BCUT2D eigenvalue weighted by atomic mass is 32.1. The van der Waals surface area contributed by atoms with Gasteiger partial charge in [0.25, 0.3) is 0 Å². The molecule has 1 aliphatic heterocycles. The van der Waals surface area contributed by atoms with Crippen LogP contribution in [0.25, 0.3) is 0 Å². The average molecular weight is 350 g/mol. The van der Waals surface area contributed by atoms with E-state index in [9.17, 15) is 0 Å². The van der Waals surface area contributed by atoms with E-state index in [1.54, 1.807) is 11.3 Å². The Balaban J connectivity index is 1.54. The normalized spacial score (nSPS) is 16.0. The Bertz CT molecular complexity index is 654. The van der Waals surface area contributed by atoms with Crippen LogP contribution in [-0.4, -0.2) is 49.1 Å². The summed E-state index contributed by atoms with van der Waals surface area (Å²) in [5, 5.41) is 8.12. The number of guanidine groups is 1. The van der Waals surface area contributed by atoms with Crippen LogP contribution in [0.1, 0.15) is 15.6 Å². The number of hydrogen-bond acceptors (Lipinski definition) is 5. The molecule has 0 saturated carbocycles. The molecule has 1 saturated heterocycles. The zero-order valence-electron chi connectivity index (χ0n) is 13.9. The Morgan fingerprint density at radius 1 is 1.30 bits per heavy atom. The predicted octanol–water partition coefficient (Wildman–Crippen LogP) is 2.72. The molecule has 0 radical (unpaired) electrons. The van der Waals surface area contributed by atoms with E-state index < -0.39 is 0 Å². The molecule has 2 aromatic rings. The van der Waals surface area contributed by atoms with Gasteiger partial charge in [0.15, 0.2) is 5.96 Å². The van der Waals surface area contributed by atoms with Gasteiger partial charge in [0.2, 0.25) is 0 Å². The second kappa shape index (κ2) is 7.31. The molecule has 7 heteroatoms. The summed E-state index contributed by atoms with van der Waals surface area (Å²) >= 11 is 3.57. The van der Waals surface area contributed by atoms with Gasteiger partial charge in [0.05, 0.1) is 22.2 Å². The van der Waals surface area contributed by atoms with Crippen molar-refractivity contribution in [2.75, 3.05) is 38.1 Å². The molecule has 23 heavy (non-hydrogen) atoms. The molecule has 5 nitrogen and oxygen atoms in total. The van der Waals surface area contributed by atoms with E-state index in [-0.39, 0.29) is 0 Å². The molecule has 0 amide bonds. The second-order valence-corrected chi connectivity index (χ2v) is 7.78. The van der Waals surface area contributed by atoms with E-state index in [2.05, 4.69) is 56.5 Å². The van der Waals surface area contributed by atoms with Crippen LogP contribution in [0.3, 0.4) is 0 Å². The van der Waals surface area contributed by atoms with Gasteiger partial charge in [-0.05, 0) is 31.4 Å². The first-order valence-electron chi connectivity index (χ1n) is 7.84. The van der Waals surface area contributed by atoms with Gasteiger partial charge < -0.3 is 15.1 Å². The molecule has 1 fully saturated rings.